The first kappa shape index (κ1) is 10.4. The number of carboxylic acid groups (broad SMARTS) is 1. The van der Waals surface area contributed by atoms with Crippen LogP contribution in [0.25, 0.3) is 16.8 Å². The highest BCUT2D eigenvalue weighted by molar-refractivity contribution is 5.84. The first-order valence-electron chi connectivity index (χ1n) is 5.13. The molecule has 0 atom stereocenters. The Labute approximate surface area is 93.8 Å². The Morgan fingerprint density at radius 3 is 2.62 bits per heavy atom. The van der Waals surface area contributed by atoms with E-state index in [4.69, 9.17) is 5.11 Å². The quantitative estimate of drug-likeness (QED) is 0.847. The molecule has 1 N–H and O–H groups in total. The molecule has 0 fully saturated rings. The van der Waals surface area contributed by atoms with Crippen LogP contribution in [-0.4, -0.2) is 11.1 Å². The molecule has 2 aromatic carbocycles. The second-order valence-corrected chi connectivity index (χ2v) is 3.61. The molecule has 0 radical (unpaired) electrons. The van der Waals surface area contributed by atoms with E-state index in [0.717, 1.165) is 5.56 Å². The van der Waals surface area contributed by atoms with Gasteiger partial charge in [-0.15, -0.1) is 0 Å². The van der Waals surface area contributed by atoms with Gasteiger partial charge in [-0.2, -0.15) is 0 Å². The summed E-state index contributed by atoms with van der Waals surface area (Å²) in [5.74, 6) is -0.808. The molecule has 0 amide bonds. The van der Waals surface area contributed by atoms with E-state index >= 15 is 0 Å². The number of benzene rings is 2. The monoisotopic (exact) mass is 212 g/mol. The van der Waals surface area contributed by atoms with Crippen molar-refractivity contribution < 1.29 is 9.90 Å². The fraction of sp³-hybridized carbons (Fsp3) is 0.0714. The van der Waals surface area contributed by atoms with E-state index in [2.05, 4.69) is 6.07 Å². The van der Waals surface area contributed by atoms with Gasteiger partial charge in [0, 0.05) is 0 Å². The van der Waals surface area contributed by atoms with E-state index < -0.39 is 5.97 Å². The Kier molecular flexibility index (Phi) is 3.01. The van der Waals surface area contributed by atoms with Crippen LogP contribution >= 0.6 is 0 Å². The summed E-state index contributed by atoms with van der Waals surface area (Å²) in [5, 5.41) is 10.9. The number of hydrogen-bond acceptors (Lipinski definition) is 1. The highest BCUT2D eigenvalue weighted by Gasteiger charge is 1.93. The molecule has 0 saturated heterocycles. The maximum Gasteiger partial charge on any atom is 0.307 e. The van der Waals surface area contributed by atoms with E-state index in [9.17, 15) is 4.79 Å². The molecule has 80 valence electrons. The lowest BCUT2D eigenvalue weighted by Gasteiger charge is -1.98. The zero-order chi connectivity index (χ0) is 11.4. The average Bonchev–Trinajstić information content (AvgIpc) is 2.28. The summed E-state index contributed by atoms with van der Waals surface area (Å²) in [7, 11) is 0. The molecular formula is C14H12O2. The largest absolute Gasteiger partial charge is 0.481 e. The molecule has 0 heterocycles. The van der Waals surface area contributed by atoms with Crippen LogP contribution in [0.2, 0.25) is 0 Å². The SMILES string of the molecule is O=C(O)CC=Cc1ccc2ccccc2c1. The van der Waals surface area contributed by atoms with Crippen molar-refractivity contribution in [1.82, 2.24) is 0 Å². The van der Waals surface area contributed by atoms with Crippen molar-refractivity contribution in [3.63, 3.8) is 0 Å². The Morgan fingerprint density at radius 1 is 1.12 bits per heavy atom. The third-order valence-electron chi connectivity index (χ3n) is 2.38. The van der Waals surface area contributed by atoms with Crippen molar-refractivity contribution in [2.75, 3.05) is 0 Å². The summed E-state index contributed by atoms with van der Waals surface area (Å²) in [6, 6.07) is 14.2. The second kappa shape index (κ2) is 4.62. The van der Waals surface area contributed by atoms with Gasteiger partial charge in [0.2, 0.25) is 0 Å². The van der Waals surface area contributed by atoms with Crippen molar-refractivity contribution in [3.05, 3.63) is 54.1 Å². The van der Waals surface area contributed by atoms with Crippen LogP contribution in [0.15, 0.2) is 48.5 Å². The highest BCUT2D eigenvalue weighted by atomic mass is 16.4. The zero-order valence-corrected chi connectivity index (χ0v) is 8.76. The molecule has 2 rings (SSSR count). The molecule has 0 aromatic heterocycles. The van der Waals surface area contributed by atoms with Crippen LogP contribution in [0.4, 0.5) is 0 Å². The maximum absolute atomic E-state index is 10.4. The molecule has 16 heavy (non-hydrogen) atoms. The topological polar surface area (TPSA) is 37.3 Å². The van der Waals surface area contributed by atoms with Gasteiger partial charge in [0.05, 0.1) is 6.42 Å². The molecule has 0 aliphatic carbocycles. The van der Waals surface area contributed by atoms with E-state index in [1.54, 1.807) is 6.08 Å². The first-order chi connectivity index (χ1) is 7.75. The Balaban J connectivity index is 2.26. The average molecular weight is 212 g/mol. The number of carbonyl (C=O) groups is 1. The molecule has 0 aliphatic rings. The van der Waals surface area contributed by atoms with Crippen LogP contribution < -0.4 is 0 Å². The van der Waals surface area contributed by atoms with Gasteiger partial charge in [0.15, 0.2) is 0 Å². The number of hydrogen-bond donors (Lipinski definition) is 1. The van der Waals surface area contributed by atoms with Crippen molar-refractivity contribution in [2.24, 2.45) is 0 Å². The minimum Gasteiger partial charge on any atom is -0.481 e. The van der Waals surface area contributed by atoms with Gasteiger partial charge < -0.3 is 5.11 Å². The molecule has 0 unspecified atom stereocenters. The van der Waals surface area contributed by atoms with Crippen molar-refractivity contribution >= 4 is 22.8 Å². The summed E-state index contributed by atoms with van der Waals surface area (Å²) in [5.41, 5.74) is 1.03. The Morgan fingerprint density at radius 2 is 1.88 bits per heavy atom. The number of carboxylic acids is 1. The van der Waals surface area contributed by atoms with E-state index in [-0.39, 0.29) is 6.42 Å². The van der Waals surface area contributed by atoms with Crippen molar-refractivity contribution in [1.29, 1.82) is 0 Å². The lowest BCUT2D eigenvalue weighted by Crippen LogP contribution is -1.89. The molecule has 2 heteroatoms. The zero-order valence-electron chi connectivity index (χ0n) is 8.76. The molecule has 0 saturated carbocycles. The van der Waals surface area contributed by atoms with Gasteiger partial charge in [0.1, 0.15) is 0 Å². The lowest BCUT2D eigenvalue weighted by molar-refractivity contribution is -0.135. The third-order valence-corrected chi connectivity index (χ3v) is 2.38. The number of rotatable bonds is 3. The highest BCUT2D eigenvalue weighted by Crippen LogP contribution is 2.16. The molecule has 2 aromatic rings. The van der Waals surface area contributed by atoms with Crippen molar-refractivity contribution in [2.45, 2.75) is 6.42 Å². The normalized spacial score (nSPS) is 11.0. The third kappa shape index (κ3) is 2.48. The minimum absolute atomic E-state index is 0.0623. The summed E-state index contributed by atoms with van der Waals surface area (Å²) >= 11 is 0. The Bertz CT molecular complexity index is 541. The fourth-order valence-corrected chi connectivity index (χ4v) is 1.61. The summed E-state index contributed by atoms with van der Waals surface area (Å²) < 4.78 is 0. The number of fused-ring (bicyclic) bond motifs is 1. The van der Waals surface area contributed by atoms with Gasteiger partial charge in [0.25, 0.3) is 0 Å². The summed E-state index contributed by atoms with van der Waals surface area (Å²) in [6.07, 6.45) is 3.56. The van der Waals surface area contributed by atoms with E-state index in [1.807, 2.05) is 42.5 Å². The minimum atomic E-state index is -0.808. The van der Waals surface area contributed by atoms with Crippen LogP contribution in [0.3, 0.4) is 0 Å². The predicted octanol–water partition coefficient (Wildman–Crippen LogP) is 3.33. The Hall–Kier alpha value is -2.09. The van der Waals surface area contributed by atoms with Crippen LogP contribution in [0.1, 0.15) is 12.0 Å². The second-order valence-electron chi connectivity index (χ2n) is 3.61. The van der Waals surface area contributed by atoms with Gasteiger partial charge >= 0.3 is 5.97 Å². The van der Waals surface area contributed by atoms with Gasteiger partial charge in [-0.3, -0.25) is 4.79 Å². The smallest absolute Gasteiger partial charge is 0.307 e. The summed E-state index contributed by atoms with van der Waals surface area (Å²) in [4.78, 5) is 10.4. The molecule has 0 spiro atoms. The summed E-state index contributed by atoms with van der Waals surface area (Å²) in [6.45, 7) is 0. The van der Waals surface area contributed by atoms with Crippen LogP contribution in [0.5, 0.6) is 0 Å². The fourth-order valence-electron chi connectivity index (χ4n) is 1.61. The van der Waals surface area contributed by atoms with Crippen LogP contribution in [-0.2, 0) is 4.79 Å². The molecule has 0 aliphatic heterocycles. The maximum atomic E-state index is 10.4. The van der Waals surface area contributed by atoms with Gasteiger partial charge in [-0.25, -0.2) is 0 Å². The molecular weight excluding hydrogens is 200 g/mol. The predicted molar refractivity (Wildman–Crippen MR) is 65.2 cm³/mol. The standard InChI is InChI=1S/C14H12O2/c15-14(16)7-3-4-11-8-9-12-5-1-2-6-13(12)10-11/h1-6,8-10H,7H2,(H,15,16). The first-order valence-corrected chi connectivity index (χ1v) is 5.13. The van der Waals surface area contributed by atoms with Gasteiger partial charge in [-0.05, 0) is 22.4 Å². The van der Waals surface area contributed by atoms with Crippen molar-refractivity contribution in [3.8, 4) is 0 Å². The van der Waals surface area contributed by atoms with E-state index in [1.165, 1.54) is 10.8 Å². The molecule has 2 nitrogen and oxygen atoms in total. The van der Waals surface area contributed by atoms with E-state index in [0.29, 0.717) is 0 Å². The van der Waals surface area contributed by atoms with Gasteiger partial charge in [-0.1, -0.05) is 48.6 Å². The number of aliphatic carboxylic acids is 1. The van der Waals surface area contributed by atoms with Crippen LogP contribution in [0, 0.1) is 0 Å². The lowest BCUT2D eigenvalue weighted by atomic mass is 10.1. The molecule has 0 bridgehead atoms.